The number of carbonyl (C=O) groups excluding carboxylic acids is 4. The quantitative estimate of drug-likeness (QED) is 0.289. The van der Waals surface area contributed by atoms with E-state index in [0.29, 0.717) is 18.4 Å². The van der Waals surface area contributed by atoms with E-state index in [1.165, 1.54) is 26.2 Å². The van der Waals surface area contributed by atoms with Gasteiger partial charge in [0.15, 0.2) is 11.5 Å². The van der Waals surface area contributed by atoms with E-state index >= 15 is 0 Å². The van der Waals surface area contributed by atoms with Gasteiger partial charge >= 0.3 is 24.1 Å². The van der Waals surface area contributed by atoms with Gasteiger partial charge in [-0.2, -0.15) is 0 Å². The van der Waals surface area contributed by atoms with Gasteiger partial charge in [-0.25, -0.2) is 4.79 Å². The van der Waals surface area contributed by atoms with E-state index in [1.807, 2.05) is 13.8 Å². The molecule has 0 amide bonds. The monoisotopic (exact) mass is 509 g/mol. The third-order valence-electron chi connectivity index (χ3n) is 5.36. The lowest BCUT2D eigenvalue weighted by atomic mass is 10.0. The number of rotatable bonds is 14. The standard InChI is InChI=1S/C26H39NO9/c1-7-9-16(3)23(28)35-21-12-11-19(14-22(21)36-24(29)17(4)10-8-2)13-20(27)25(30)33-15-18(5)34-26(31)32-6/h11-12,14,16-18,20H,7-10,13,15,27H2,1-6H3/t16?,17?,18-,20-/m0/s1. The van der Waals surface area contributed by atoms with E-state index in [0.717, 1.165) is 12.8 Å². The van der Waals surface area contributed by atoms with Crippen LogP contribution in [0.1, 0.15) is 65.9 Å². The summed E-state index contributed by atoms with van der Waals surface area (Å²) in [6.07, 6.45) is 1.42. The molecule has 0 aliphatic rings. The van der Waals surface area contributed by atoms with Crippen molar-refractivity contribution in [1.82, 2.24) is 0 Å². The normalized spacial score (nSPS) is 14.1. The third-order valence-corrected chi connectivity index (χ3v) is 5.36. The Hall–Kier alpha value is -3.14. The zero-order valence-corrected chi connectivity index (χ0v) is 22.0. The molecule has 2 unspecified atom stereocenters. The summed E-state index contributed by atoms with van der Waals surface area (Å²) in [5, 5.41) is 0. The van der Waals surface area contributed by atoms with Gasteiger partial charge in [0.2, 0.25) is 0 Å². The SMILES string of the molecule is CCCC(C)C(=O)Oc1ccc(C[C@H](N)C(=O)OC[C@H](C)OC(=O)OC)cc1OC(=O)C(C)CCC. The zero-order chi connectivity index (χ0) is 27.3. The van der Waals surface area contributed by atoms with Gasteiger partial charge in [-0.3, -0.25) is 14.4 Å². The minimum Gasteiger partial charge on any atom is -0.461 e. The van der Waals surface area contributed by atoms with Crippen molar-refractivity contribution >= 4 is 24.1 Å². The first-order valence-corrected chi connectivity index (χ1v) is 12.2. The van der Waals surface area contributed by atoms with Crippen molar-refractivity contribution in [2.45, 2.75) is 78.9 Å². The second-order valence-electron chi connectivity index (χ2n) is 8.83. The lowest BCUT2D eigenvalue weighted by Gasteiger charge is -2.17. The highest BCUT2D eigenvalue weighted by atomic mass is 16.7. The lowest BCUT2D eigenvalue weighted by Crippen LogP contribution is -2.36. The van der Waals surface area contributed by atoms with Crippen LogP contribution in [-0.4, -0.2) is 49.9 Å². The van der Waals surface area contributed by atoms with Gasteiger partial charge in [0, 0.05) is 0 Å². The fourth-order valence-corrected chi connectivity index (χ4v) is 3.25. The molecule has 0 heterocycles. The Balaban J connectivity index is 2.97. The first-order valence-electron chi connectivity index (χ1n) is 12.2. The largest absolute Gasteiger partial charge is 0.508 e. The molecule has 4 atom stereocenters. The number of ether oxygens (including phenoxy) is 5. The van der Waals surface area contributed by atoms with E-state index in [2.05, 4.69) is 4.74 Å². The summed E-state index contributed by atoms with van der Waals surface area (Å²) in [4.78, 5) is 48.4. The summed E-state index contributed by atoms with van der Waals surface area (Å²) in [6.45, 7) is 8.83. The Kier molecular flexibility index (Phi) is 13.5. The lowest BCUT2D eigenvalue weighted by molar-refractivity contribution is -0.148. The van der Waals surface area contributed by atoms with E-state index in [4.69, 9.17) is 24.7 Å². The second-order valence-corrected chi connectivity index (χ2v) is 8.83. The summed E-state index contributed by atoms with van der Waals surface area (Å²) in [5.74, 6) is -2.02. The Bertz CT molecular complexity index is 886. The van der Waals surface area contributed by atoms with Gasteiger partial charge in [-0.1, -0.05) is 46.6 Å². The molecule has 0 aliphatic carbocycles. The Morgan fingerprint density at radius 3 is 1.94 bits per heavy atom. The van der Waals surface area contributed by atoms with Crippen molar-refractivity contribution in [2.75, 3.05) is 13.7 Å². The molecule has 10 heteroatoms. The molecule has 10 nitrogen and oxygen atoms in total. The number of nitrogens with two attached hydrogens (primary N) is 1. The molecule has 0 saturated heterocycles. The van der Waals surface area contributed by atoms with Crippen LogP contribution < -0.4 is 15.2 Å². The highest BCUT2D eigenvalue weighted by Crippen LogP contribution is 2.31. The Labute approximate surface area is 212 Å². The smallest absolute Gasteiger partial charge is 0.461 e. The van der Waals surface area contributed by atoms with Gasteiger partial charge in [0.05, 0.1) is 18.9 Å². The molecule has 1 aromatic carbocycles. The van der Waals surface area contributed by atoms with Crippen LogP contribution in [0.2, 0.25) is 0 Å². The van der Waals surface area contributed by atoms with E-state index < -0.39 is 36.2 Å². The molecule has 0 aromatic heterocycles. The van der Waals surface area contributed by atoms with Crippen LogP contribution in [0.4, 0.5) is 4.79 Å². The summed E-state index contributed by atoms with van der Waals surface area (Å²) in [6, 6.07) is 3.65. The number of hydrogen-bond donors (Lipinski definition) is 1. The second kappa shape index (κ2) is 15.8. The minimum atomic E-state index is -1.03. The van der Waals surface area contributed by atoms with E-state index in [1.54, 1.807) is 19.9 Å². The minimum absolute atomic E-state index is 0.0700. The fourth-order valence-electron chi connectivity index (χ4n) is 3.25. The van der Waals surface area contributed by atoms with E-state index in [9.17, 15) is 19.2 Å². The van der Waals surface area contributed by atoms with Crippen LogP contribution >= 0.6 is 0 Å². The predicted octanol–water partition coefficient (Wildman–Crippen LogP) is 3.95. The summed E-state index contributed by atoms with van der Waals surface area (Å²) < 4.78 is 25.4. The predicted molar refractivity (Wildman–Crippen MR) is 131 cm³/mol. The molecular formula is C26H39NO9. The van der Waals surface area contributed by atoms with Crippen molar-refractivity contribution in [1.29, 1.82) is 0 Å². The molecule has 36 heavy (non-hydrogen) atoms. The topological polar surface area (TPSA) is 140 Å². The first-order chi connectivity index (χ1) is 17.0. The first kappa shape index (κ1) is 30.9. The van der Waals surface area contributed by atoms with Crippen molar-refractivity contribution in [2.24, 2.45) is 17.6 Å². The Morgan fingerprint density at radius 1 is 0.861 bits per heavy atom. The maximum atomic E-state index is 12.6. The number of hydrogen-bond acceptors (Lipinski definition) is 10. The zero-order valence-electron chi connectivity index (χ0n) is 22.0. The van der Waals surface area contributed by atoms with Crippen LogP contribution in [0.15, 0.2) is 18.2 Å². The van der Waals surface area contributed by atoms with Gasteiger partial charge in [0.1, 0.15) is 18.8 Å². The fraction of sp³-hybridized carbons (Fsp3) is 0.615. The molecule has 202 valence electrons. The summed E-state index contributed by atoms with van der Waals surface area (Å²) in [7, 11) is 1.17. The number of benzene rings is 1. The average Bonchev–Trinajstić information content (AvgIpc) is 2.83. The van der Waals surface area contributed by atoms with Crippen LogP contribution in [0.3, 0.4) is 0 Å². The van der Waals surface area contributed by atoms with Crippen LogP contribution in [-0.2, 0) is 35.0 Å². The molecule has 0 bridgehead atoms. The number of esters is 3. The van der Waals surface area contributed by atoms with Gasteiger partial charge in [0.25, 0.3) is 0 Å². The van der Waals surface area contributed by atoms with Gasteiger partial charge in [-0.05, 0) is 43.9 Å². The number of carbonyl (C=O) groups is 4. The highest BCUT2D eigenvalue weighted by Gasteiger charge is 2.23. The van der Waals surface area contributed by atoms with Crippen LogP contribution in [0.25, 0.3) is 0 Å². The van der Waals surface area contributed by atoms with Crippen molar-refractivity contribution < 1.29 is 42.9 Å². The van der Waals surface area contributed by atoms with Crippen LogP contribution in [0, 0.1) is 11.8 Å². The molecule has 1 aromatic rings. The summed E-state index contributed by atoms with van der Waals surface area (Å²) >= 11 is 0. The van der Waals surface area contributed by atoms with Gasteiger partial charge in [-0.15, -0.1) is 0 Å². The third kappa shape index (κ3) is 10.6. The maximum Gasteiger partial charge on any atom is 0.508 e. The maximum absolute atomic E-state index is 12.6. The molecule has 0 fully saturated rings. The number of methoxy groups -OCH3 is 1. The van der Waals surface area contributed by atoms with Crippen molar-refractivity contribution in [3.05, 3.63) is 23.8 Å². The molecule has 2 N–H and O–H groups in total. The molecule has 1 rings (SSSR count). The average molecular weight is 510 g/mol. The molecular weight excluding hydrogens is 470 g/mol. The van der Waals surface area contributed by atoms with Crippen molar-refractivity contribution in [3.63, 3.8) is 0 Å². The molecule has 0 radical (unpaired) electrons. The Morgan fingerprint density at radius 2 is 1.42 bits per heavy atom. The highest BCUT2D eigenvalue weighted by molar-refractivity contribution is 5.79. The summed E-state index contributed by atoms with van der Waals surface area (Å²) in [5.41, 5.74) is 6.57. The molecule has 0 saturated carbocycles. The molecule has 0 spiro atoms. The van der Waals surface area contributed by atoms with Crippen molar-refractivity contribution in [3.8, 4) is 11.5 Å². The van der Waals surface area contributed by atoms with Gasteiger partial charge < -0.3 is 29.4 Å². The van der Waals surface area contributed by atoms with Crippen LogP contribution in [0.5, 0.6) is 11.5 Å². The van der Waals surface area contributed by atoms with E-state index in [-0.39, 0.29) is 36.4 Å². The molecule has 0 aliphatic heterocycles.